The van der Waals surface area contributed by atoms with Crippen LogP contribution in [-0.2, 0) is 0 Å². The number of ketones is 2. The third kappa shape index (κ3) is 2.71. The summed E-state index contributed by atoms with van der Waals surface area (Å²) >= 11 is 0. The number of anilines is 1. The van der Waals surface area contributed by atoms with E-state index in [4.69, 9.17) is 0 Å². The first-order valence-electron chi connectivity index (χ1n) is 8.05. The number of carbonyl (C=O) groups excluding carboxylic acids is 3. The highest BCUT2D eigenvalue weighted by Gasteiger charge is 2.31. The number of hydrogen-bond acceptors (Lipinski definition) is 3. The normalized spacial score (nSPS) is 12.4. The van der Waals surface area contributed by atoms with E-state index in [2.05, 4.69) is 5.32 Å². The molecule has 4 nitrogen and oxygen atoms in total. The predicted octanol–water partition coefficient (Wildman–Crippen LogP) is 3.99. The summed E-state index contributed by atoms with van der Waals surface area (Å²) in [6.45, 7) is 0. The molecule has 6 heteroatoms. The maximum Gasteiger partial charge on any atom is 0.255 e. The van der Waals surface area contributed by atoms with E-state index in [1.807, 2.05) is 0 Å². The van der Waals surface area contributed by atoms with Crippen LogP contribution in [0.4, 0.5) is 14.5 Å². The first-order chi connectivity index (χ1) is 13.0. The molecule has 27 heavy (non-hydrogen) atoms. The van der Waals surface area contributed by atoms with Gasteiger partial charge in [-0.1, -0.05) is 36.4 Å². The highest BCUT2D eigenvalue weighted by Crippen LogP contribution is 2.32. The molecular formula is C21H11F2NO3. The van der Waals surface area contributed by atoms with Gasteiger partial charge in [0.2, 0.25) is 0 Å². The van der Waals surface area contributed by atoms with E-state index in [9.17, 15) is 23.2 Å². The molecular weight excluding hydrogens is 352 g/mol. The summed E-state index contributed by atoms with van der Waals surface area (Å²) in [4.78, 5) is 38.0. The van der Waals surface area contributed by atoms with Crippen molar-refractivity contribution in [2.24, 2.45) is 0 Å². The fourth-order valence-electron chi connectivity index (χ4n) is 3.08. The topological polar surface area (TPSA) is 63.2 Å². The number of carbonyl (C=O) groups is 3. The molecule has 132 valence electrons. The standard InChI is InChI=1S/C21H11F2NO3/c22-15-9-8-11(10-16(15)23)21(27)24-17-7-3-6-14-18(17)20(26)13-5-2-1-4-12(13)19(14)25/h1-10H,(H,24,27). The van der Waals surface area contributed by atoms with Crippen LogP contribution < -0.4 is 5.32 Å². The zero-order chi connectivity index (χ0) is 19.1. The minimum atomic E-state index is -1.15. The second kappa shape index (κ2) is 6.25. The Balaban J connectivity index is 1.76. The molecule has 3 aromatic carbocycles. The van der Waals surface area contributed by atoms with E-state index >= 15 is 0 Å². The molecule has 1 aliphatic rings. The van der Waals surface area contributed by atoms with Crippen molar-refractivity contribution in [2.45, 2.75) is 0 Å². The van der Waals surface area contributed by atoms with Gasteiger partial charge >= 0.3 is 0 Å². The summed E-state index contributed by atoms with van der Waals surface area (Å²) in [5, 5.41) is 2.51. The van der Waals surface area contributed by atoms with Crippen molar-refractivity contribution in [1.29, 1.82) is 0 Å². The lowest BCUT2D eigenvalue weighted by Crippen LogP contribution is -2.24. The maximum atomic E-state index is 13.4. The zero-order valence-corrected chi connectivity index (χ0v) is 13.8. The van der Waals surface area contributed by atoms with E-state index in [1.165, 1.54) is 12.1 Å². The molecule has 0 unspecified atom stereocenters. The molecule has 0 aromatic heterocycles. The smallest absolute Gasteiger partial charge is 0.255 e. The highest BCUT2D eigenvalue weighted by molar-refractivity contribution is 6.30. The molecule has 0 atom stereocenters. The number of benzene rings is 3. The van der Waals surface area contributed by atoms with Crippen molar-refractivity contribution >= 4 is 23.2 Å². The van der Waals surface area contributed by atoms with Crippen molar-refractivity contribution in [3.05, 3.63) is 100 Å². The molecule has 0 saturated carbocycles. The van der Waals surface area contributed by atoms with Gasteiger partial charge in [0.1, 0.15) is 0 Å². The lowest BCUT2D eigenvalue weighted by atomic mass is 9.83. The van der Waals surface area contributed by atoms with Crippen LogP contribution in [0.15, 0.2) is 60.7 Å². The maximum absolute atomic E-state index is 13.4. The summed E-state index contributed by atoms with van der Waals surface area (Å²) in [7, 11) is 0. The Bertz CT molecular complexity index is 1140. The van der Waals surface area contributed by atoms with Crippen molar-refractivity contribution < 1.29 is 23.2 Å². The largest absolute Gasteiger partial charge is 0.321 e. The van der Waals surface area contributed by atoms with Gasteiger partial charge in [0.25, 0.3) is 5.91 Å². The molecule has 1 amide bonds. The van der Waals surface area contributed by atoms with E-state index in [1.54, 1.807) is 30.3 Å². The van der Waals surface area contributed by atoms with Crippen LogP contribution in [0, 0.1) is 11.6 Å². The van der Waals surface area contributed by atoms with Gasteiger partial charge in [0, 0.05) is 22.3 Å². The predicted molar refractivity (Wildman–Crippen MR) is 94.1 cm³/mol. The molecule has 0 bridgehead atoms. The van der Waals surface area contributed by atoms with Gasteiger partial charge < -0.3 is 5.32 Å². The number of nitrogens with one attached hydrogen (secondary N) is 1. The third-order valence-electron chi connectivity index (χ3n) is 4.38. The lowest BCUT2D eigenvalue weighted by Gasteiger charge is -2.20. The van der Waals surface area contributed by atoms with Gasteiger partial charge in [-0.3, -0.25) is 14.4 Å². The second-order valence-electron chi connectivity index (χ2n) is 6.01. The Hall–Kier alpha value is -3.67. The molecule has 4 rings (SSSR count). The zero-order valence-electron chi connectivity index (χ0n) is 13.8. The molecule has 0 heterocycles. The summed E-state index contributed by atoms with van der Waals surface area (Å²) in [6, 6.07) is 13.7. The minimum Gasteiger partial charge on any atom is -0.321 e. The summed E-state index contributed by atoms with van der Waals surface area (Å²) in [5.74, 6) is -3.65. The first-order valence-corrected chi connectivity index (χ1v) is 8.05. The van der Waals surface area contributed by atoms with Crippen LogP contribution in [0.25, 0.3) is 0 Å². The second-order valence-corrected chi connectivity index (χ2v) is 6.01. The number of halogens is 2. The molecule has 0 saturated heterocycles. The molecule has 1 N–H and O–H groups in total. The Morgan fingerprint density at radius 2 is 1.41 bits per heavy atom. The van der Waals surface area contributed by atoms with Crippen LogP contribution in [-0.4, -0.2) is 17.5 Å². The van der Waals surface area contributed by atoms with Crippen LogP contribution in [0.1, 0.15) is 42.2 Å². The Kier molecular flexibility index (Phi) is 3.88. The monoisotopic (exact) mass is 363 g/mol. The number of rotatable bonds is 2. The van der Waals surface area contributed by atoms with Crippen molar-refractivity contribution in [3.8, 4) is 0 Å². The quantitative estimate of drug-likeness (QED) is 0.586. The van der Waals surface area contributed by atoms with Gasteiger partial charge in [0.15, 0.2) is 23.2 Å². The molecule has 1 aliphatic carbocycles. The average molecular weight is 363 g/mol. The minimum absolute atomic E-state index is 0.0807. The average Bonchev–Trinajstić information content (AvgIpc) is 2.68. The van der Waals surface area contributed by atoms with Crippen molar-refractivity contribution in [3.63, 3.8) is 0 Å². The number of fused-ring (bicyclic) bond motifs is 2. The molecule has 0 radical (unpaired) electrons. The number of amides is 1. The summed E-state index contributed by atoms with van der Waals surface area (Å²) in [6.07, 6.45) is 0. The van der Waals surface area contributed by atoms with Gasteiger partial charge in [-0.15, -0.1) is 0 Å². The molecule has 3 aromatic rings. The van der Waals surface area contributed by atoms with Gasteiger partial charge in [0.05, 0.1) is 11.3 Å². The van der Waals surface area contributed by atoms with Crippen LogP contribution >= 0.6 is 0 Å². The summed E-state index contributed by atoms with van der Waals surface area (Å²) < 4.78 is 26.4. The fraction of sp³-hybridized carbons (Fsp3) is 0. The van der Waals surface area contributed by atoms with Crippen molar-refractivity contribution in [1.82, 2.24) is 0 Å². The van der Waals surface area contributed by atoms with E-state index < -0.39 is 17.5 Å². The Morgan fingerprint density at radius 1 is 0.741 bits per heavy atom. The fourth-order valence-corrected chi connectivity index (χ4v) is 3.08. The van der Waals surface area contributed by atoms with Crippen molar-refractivity contribution in [2.75, 3.05) is 5.32 Å². The third-order valence-corrected chi connectivity index (χ3v) is 4.38. The SMILES string of the molecule is O=C(Nc1cccc2c1C(=O)c1ccccc1C2=O)c1ccc(F)c(F)c1. The first kappa shape index (κ1) is 16.8. The van der Waals surface area contributed by atoms with Crippen LogP contribution in [0.5, 0.6) is 0 Å². The molecule has 0 spiro atoms. The molecule has 0 aliphatic heterocycles. The van der Waals surface area contributed by atoms with E-state index in [-0.39, 0.29) is 39.5 Å². The lowest BCUT2D eigenvalue weighted by molar-refractivity contribution is 0.0978. The highest BCUT2D eigenvalue weighted by atomic mass is 19.2. The van der Waals surface area contributed by atoms with Crippen LogP contribution in [0.3, 0.4) is 0 Å². The van der Waals surface area contributed by atoms with E-state index in [0.717, 1.165) is 18.2 Å². The van der Waals surface area contributed by atoms with Gasteiger partial charge in [-0.05, 0) is 24.3 Å². The van der Waals surface area contributed by atoms with Crippen LogP contribution in [0.2, 0.25) is 0 Å². The van der Waals surface area contributed by atoms with Gasteiger partial charge in [-0.2, -0.15) is 0 Å². The number of hydrogen-bond donors (Lipinski definition) is 1. The Labute approximate surface area is 152 Å². The summed E-state index contributed by atoms with van der Waals surface area (Å²) in [5.41, 5.74) is 0.846. The Morgan fingerprint density at radius 3 is 2.11 bits per heavy atom. The van der Waals surface area contributed by atoms with Gasteiger partial charge in [-0.25, -0.2) is 8.78 Å². The molecule has 0 fully saturated rings. The van der Waals surface area contributed by atoms with E-state index in [0.29, 0.717) is 5.56 Å².